The third-order valence-corrected chi connectivity index (χ3v) is 3.09. The fourth-order valence-electron chi connectivity index (χ4n) is 1.82. The summed E-state index contributed by atoms with van der Waals surface area (Å²) < 4.78 is 4.19. The zero-order valence-electron chi connectivity index (χ0n) is 10.0. The van der Waals surface area contributed by atoms with Crippen molar-refractivity contribution >= 4 is 5.69 Å². The molecule has 0 amide bonds. The molecule has 0 bridgehead atoms. The van der Waals surface area contributed by atoms with Gasteiger partial charge < -0.3 is 25.9 Å². The standard InChI is InChI=1S/C12H16N2O4/c1-12(16)11(13)8-14(12,17)9-2-4-10(5-3-9)18-7-6-15/h2-5,8,15-16H,6-7,13H2,1H3. The van der Waals surface area contributed by atoms with Crippen molar-refractivity contribution in [2.75, 3.05) is 13.2 Å². The van der Waals surface area contributed by atoms with Gasteiger partial charge in [0, 0.05) is 19.1 Å². The Morgan fingerprint density at radius 1 is 1.39 bits per heavy atom. The normalized spacial score (nSPS) is 30.6. The average molecular weight is 252 g/mol. The lowest BCUT2D eigenvalue weighted by Crippen LogP contribution is -2.67. The monoisotopic (exact) mass is 252 g/mol. The highest BCUT2D eigenvalue weighted by atomic mass is 16.6. The predicted molar refractivity (Wildman–Crippen MR) is 67.1 cm³/mol. The summed E-state index contributed by atoms with van der Waals surface area (Å²) in [7, 11) is 0. The zero-order valence-corrected chi connectivity index (χ0v) is 10.0. The number of quaternary nitrogens is 1. The van der Waals surface area contributed by atoms with E-state index >= 15 is 0 Å². The predicted octanol–water partition coefficient (Wildman–Crippen LogP) is 0.385. The summed E-state index contributed by atoms with van der Waals surface area (Å²) in [5, 5.41) is 31.0. The zero-order chi connectivity index (χ0) is 13.4. The van der Waals surface area contributed by atoms with E-state index in [1.807, 2.05) is 0 Å². The van der Waals surface area contributed by atoms with Crippen LogP contribution in [0, 0.1) is 5.21 Å². The van der Waals surface area contributed by atoms with Gasteiger partial charge in [-0.05, 0) is 12.1 Å². The molecule has 0 fully saturated rings. The summed E-state index contributed by atoms with van der Waals surface area (Å²) in [6.45, 7) is 1.50. The molecule has 1 aromatic carbocycles. The highest BCUT2D eigenvalue weighted by Gasteiger charge is 2.52. The maximum atomic E-state index is 12.4. The van der Waals surface area contributed by atoms with Crippen LogP contribution in [0.5, 0.6) is 5.75 Å². The smallest absolute Gasteiger partial charge is 0.253 e. The Hall–Kier alpha value is -1.60. The van der Waals surface area contributed by atoms with Crippen molar-refractivity contribution in [3.8, 4) is 5.75 Å². The number of rotatable bonds is 4. The molecule has 0 spiro atoms. The topological polar surface area (TPSA) is 98.8 Å². The van der Waals surface area contributed by atoms with Crippen LogP contribution in [-0.2, 0) is 0 Å². The second-order valence-corrected chi connectivity index (χ2v) is 4.33. The SMILES string of the molecule is CC1(O)C(N)=C[N+]1([O-])c1ccc(OCCO)cc1. The van der Waals surface area contributed by atoms with Gasteiger partial charge in [-0.15, -0.1) is 0 Å². The van der Waals surface area contributed by atoms with Gasteiger partial charge in [-0.1, -0.05) is 0 Å². The molecular weight excluding hydrogens is 236 g/mol. The van der Waals surface area contributed by atoms with Crippen LogP contribution in [0.1, 0.15) is 6.92 Å². The van der Waals surface area contributed by atoms with Crippen LogP contribution in [0.15, 0.2) is 36.2 Å². The first-order valence-electron chi connectivity index (χ1n) is 5.57. The van der Waals surface area contributed by atoms with Gasteiger partial charge in [0.15, 0.2) is 5.70 Å². The highest BCUT2D eigenvalue weighted by Crippen LogP contribution is 2.42. The Kier molecular flexibility index (Phi) is 3.04. The maximum Gasteiger partial charge on any atom is 0.253 e. The van der Waals surface area contributed by atoms with E-state index in [1.54, 1.807) is 24.3 Å². The Morgan fingerprint density at radius 3 is 2.44 bits per heavy atom. The molecule has 1 aliphatic heterocycles. The lowest BCUT2D eigenvalue weighted by molar-refractivity contribution is -0.0336. The molecule has 2 rings (SSSR count). The number of aliphatic hydroxyl groups is 2. The molecule has 6 nitrogen and oxygen atoms in total. The summed E-state index contributed by atoms with van der Waals surface area (Å²) in [5.74, 6) is 0.552. The minimum Gasteiger partial charge on any atom is -0.620 e. The van der Waals surface area contributed by atoms with E-state index in [0.717, 1.165) is 0 Å². The number of hydrogen-bond acceptors (Lipinski definition) is 5. The van der Waals surface area contributed by atoms with Gasteiger partial charge in [-0.25, -0.2) is 0 Å². The summed E-state index contributed by atoms with van der Waals surface area (Å²) in [6, 6.07) is 6.36. The van der Waals surface area contributed by atoms with Crippen LogP contribution in [0.3, 0.4) is 0 Å². The molecule has 1 heterocycles. The van der Waals surface area contributed by atoms with Crippen LogP contribution in [0.2, 0.25) is 0 Å². The third-order valence-electron chi connectivity index (χ3n) is 3.09. The number of hydrogen-bond donors (Lipinski definition) is 3. The quantitative estimate of drug-likeness (QED) is 0.531. The van der Waals surface area contributed by atoms with Gasteiger partial charge in [0.05, 0.1) is 6.61 Å². The van der Waals surface area contributed by atoms with Gasteiger partial charge in [-0.3, -0.25) is 4.65 Å². The summed E-state index contributed by atoms with van der Waals surface area (Å²) in [4.78, 5) is 0. The first kappa shape index (κ1) is 12.8. The van der Waals surface area contributed by atoms with Crippen molar-refractivity contribution in [1.82, 2.24) is 4.65 Å². The van der Waals surface area contributed by atoms with Crippen molar-refractivity contribution < 1.29 is 14.9 Å². The summed E-state index contributed by atoms with van der Waals surface area (Å²) in [6.07, 6.45) is 1.25. The molecule has 0 aliphatic carbocycles. The number of aliphatic hydroxyl groups excluding tert-OH is 1. The van der Waals surface area contributed by atoms with E-state index in [4.69, 9.17) is 15.6 Å². The van der Waals surface area contributed by atoms with E-state index in [0.29, 0.717) is 11.4 Å². The van der Waals surface area contributed by atoms with E-state index in [9.17, 15) is 10.3 Å². The minimum atomic E-state index is -1.63. The van der Waals surface area contributed by atoms with Crippen molar-refractivity contribution in [2.45, 2.75) is 12.6 Å². The largest absolute Gasteiger partial charge is 0.620 e. The molecule has 0 saturated carbocycles. The molecule has 1 aliphatic rings. The summed E-state index contributed by atoms with van der Waals surface area (Å²) >= 11 is 0. The van der Waals surface area contributed by atoms with Crippen LogP contribution in [-0.4, -0.2) is 29.2 Å². The Morgan fingerprint density at radius 2 is 2.00 bits per heavy atom. The molecule has 2 atom stereocenters. The minimum absolute atomic E-state index is 0.0721. The van der Waals surface area contributed by atoms with Gasteiger partial charge >= 0.3 is 0 Å². The molecule has 1 aromatic rings. The van der Waals surface area contributed by atoms with Crippen LogP contribution in [0.25, 0.3) is 0 Å². The van der Waals surface area contributed by atoms with Crippen LogP contribution >= 0.6 is 0 Å². The lowest BCUT2D eigenvalue weighted by Gasteiger charge is -2.54. The molecule has 0 radical (unpaired) electrons. The first-order valence-corrected chi connectivity index (χ1v) is 5.57. The molecule has 18 heavy (non-hydrogen) atoms. The van der Waals surface area contributed by atoms with Gasteiger partial charge in [0.2, 0.25) is 0 Å². The second-order valence-electron chi connectivity index (χ2n) is 4.33. The summed E-state index contributed by atoms with van der Waals surface area (Å²) in [5.41, 5.74) is 4.41. The van der Waals surface area contributed by atoms with E-state index in [2.05, 4.69) is 0 Å². The fourth-order valence-corrected chi connectivity index (χ4v) is 1.82. The molecule has 0 saturated heterocycles. The Bertz CT molecular complexity index is 469. The lowest BCUT2D eigenvalue weighted by atomic mass is 10.0. The molecule has 2 unspecified atom stereocenters. The van der Waals surface area contributed by atoms with Crippen LogP contribution in [0.4, 0.5) is 5.69 Å². The molecule has 98 valence electrons. The second kappa shape index (κ2) is 4.25. The molecule has 6 heteroatoms. The fraction of sp³-hybridized carbons (Fsp3) is 0.333. The number of nitrogens with two attached hydrogens (primary N) is 1. The Labute approximate surface area is 105 Å². The van der Waals surface area contributed by atoms with Crippen LogP contribution < -0.4 is 15.1 Å². The number of benzene rings is 1. The van der Waals surface area contributed by atoms with Gasteiger partial charge in [0.1, 0.15) is 24.2 Å². The number of ether oxygens (including phenoxy) is 1. The Balaban J connectivity index is 2.21. The van der Waals surface area contributed by atoms with E-state index in [-0.39, 0.29) is 18.9 Å². The third kappa shape index (κ3) is 1.75. The van der Waals surface area contributed by atoms with Gasteiger partial charge in [-0.2, -0.15) is 0 Å². The van der Waals surface area contributed by atoms with Crippen molar-refractivity contribution in [3.63, 3.8) is 0 Å². The maximum absolute atomic E-state index is 12.4. The van der Waals surface area contributed by atoms with Crippen molar-refractivity contribution in [2.24, 2.45) is 5.73 Å². The number of nitrogens with zero attached hydrogens (tertiary/aromatic N) is 1. The molecular formula is C12H16N2O4. The van der Waals surface area contributed by atoms with E-state index < -0.39 is 10.4 Å². The van der Waals surface area contributed by atoms with Crippen molar-refractivity contribution in [3.05, 3.63) is 41.4 Å². The number of hydroxylamine groups is 2. The average Bonchev–Trinajstić information content (AvgIpc) is 2.37. The molecule has 0 aromatic heterocycles. The molecule has 4 N–H and O–H groups in total. The van der Waals surface area contributed by atoms with E-state index in [1.165, 1.54) is 13.1 Å². The van der Waals surface area contributed by atoms with Crippen molar-refractivity contribution in [1.29, 1.82) is 0 Å². The van der Waals surface area contributed by atoms with Gasteiger partial charge in [0.25, 0.3) is 5.72 Å². The first-order chi connectivity index (χ1) is 8.41. The highest BCUT2D eigenvalue weighted by molar-refractivity contribution is 5.56.